The summed E-state index contributed by atoms with van der Waals surface area (Å²) in [5.74, 6) is -0.703. The molecule has 1 atom stereocenters. The number of nitrogens with one attached hydrogen (secondary N) is 1. The Kier molecular flexibility index (Phi) is 6.80. The number of carbonyl (C=O) groups excluding carboxylic acids is 2. The van der Waals surface area contributed by atoms with E-state index in [1.165, 1.54) is 4.90 Å². The maximum absolute atomic E-state index is 13.6. The number of carbonyl (C=O) groups is 2. The number of aromatic nitrogens is 3. The lowest BCUT2D eigenvalue weighted by molar-refractivity contribution is -0.124. The first kappa shape index (κ1) is 22.6. The van der Waals surface area contributed by atoms with Gasteiger partial charge in [0.2, 0.25) is 5.91 Å². The van der Waals surface area contributed by atoms with Crippen molar-refractivity contribution in [2.45, 2.75) is 52.6 Å². The summed E-state index contributed by atoms with van der Waals surface area (Å²) in [5, 5.41) is 8.64. The van der Waals surface area contributed by atoms with Gasteiger partial charge in [-0.15, -0.1) is 5.10 Å². The van der Waals surface area contributed by atoms with Gasteiger partial charge in [-0.05, 0) is 75.0 Å². The Morgan fingerprint density at radius 1 is 1.16 bits per heavy atom. The van der Waals surface area contributed by atoms with E-state index in [1.807, 2.05) is 58.9 Å². The first-order valence-electron chi connectivity index (χ1n) is 10.1. The predicted molar refractivity (Wildman–Crippen MR) is 122 cm³/mol. The summed E-state index contributed by atoms with van der Waals surface area (Å²) in [7, 11) is 0. The van der Waals surface area contributed by atoms with Crippen LogP contribution < -0.4 is 10.2 Å². The van der Waals surface area contributed by atoms with Crippen LogP contribution in [0.3, 0.4) is 0 Å². The van der Waals surface area contributed by atoms with Crippen LogP contribution in [0.1, 0.15) is 60.5 Å². The van der Waals surface area contributed by atoms with Gasteiger partial charge in [0.25, 0.3) is 5.91 Å². The number of hydrogen-bond donors (Lipinski definition) is 1. The van der Waals surface area contributed by atoms with Gasteiger partial charge in [-0.25, -0.2) is 0 Å². The van der Waals surface area contributed by atoms with Gasteiger partial charge in [0.05, 0.1) is 5.69 Å². The summed E-state index contributed by atoms with van der Waals surface area (Å²) < 4.78 is 3.84. The zero-order valence-corrected chi connectivity index (χ0v) is 19.2. The Balaban J connectivity index is 2.21. The monoisotopic (exact) mass is 437 g/mol. The molecule has 3 aromatic rings. The van der Waals surface area contributed by atoms with Crippen LogP contribution in [0.4, 0.5) is 5.69 Å². The van der Waals surface area contributed by atoms with Crippen LogP contribution in [0.2, 0.25) is 0 Å². The molecular weight excluding hydrogens is 410 g/mol. The molecule has 0 spiro atoms. The van der Waals surface area contributed by atoms with E-state index in [4.69, 9.17) is 0 Å². The molecule has 0 saturated heterocycles. The van der Waals surface area contributed by atoms with Crippen molar-refractivity contribution in [3.05, 3.63) is 70.5 Å². The van der Waals surface area contributed by atoms with Crippen LogP contribution in [0, 0.1) is 13.8 Å². The second-order valence-electron chi connectivity index (χ2n) is 8.07. The van der Waals surface area contributed by atoms with E-state index in [9.17, 15) is 9.59 Å². The number of benzene rings is 1. The fraction of sp³-hybridized carbons (Fsp3) is 0.348. The topological polar surface area (TPSA) is 88.1 Å². The molecule has 0 aliphatic rings. The van der Waals surface area contributed by atoms with Crippen molar-refractivity contribution in [3.8, 4) is 0 Å². The minimum absolute atomic E-state index is 0.189. The summed E-state index contributed by atoms with van der Waals surface area (Å²) in [6.07, 6.45) is 2.36. The van der Waals surface area contributed by atoms with Crippen molar-refractivity contribution in [3.63, 3.8) is 0 Å². The lowest BCUT2D eigenvalue weighted by Crippen LogP contribution is -2.51. The van der Waals surface area contributed by atoms with Crippen LogP contribution in [-0.4, -0.2) is 31.9 Å². The number of anilines is 1. The molecule has 31 heavy (non-hydrogen) atoms. The molecule has 0 bridgehead atoms. The summed E-state index contributed by atoms with van der Waals surface area (Å²) in [6.45, 7) is 9.82. The van der Waals surface area contributed by atoms with Crippen molar-refractivity contribution in [1.29, 1.82) is 0 Å². The fourth-order valence-corrected chi connectivity index (χ4v) is 3.59. The molecule has 0 aliphatic carbocycles. The van der Waals surface area contributed by atoms with E-state index in [0.717, 1.165) is 29.1 Å². The highest BCUT2D eigenvalue weighted by molar-refractivity contribution is 7.03. The van der Waals surface area contributed by atoms with Crippen molar-refractivity contribution >= 4 is 29.0 Å². The van der Waals surface area contributed by atoms with Gasteiger partial charge in [-0.3, -0.25) is 19.5 Å². The van der Waals surface area contributed by atoms with Crippen molar-refractivity contribution < 1.29 is 9.59 Å². The molecule has 1 N–H and O–H groups in total. The number of aryl methyl sites for hydroxylation is 1. The minimum atomic E-state index is -0.971. The minimum Gasteiger partial charge on any atom is -0.349 e. The van der Waals surface area contributed by atoms with Crippen LogP contribution in [0.5, 0.6) is 0 Å². The highest BCUT2D eigenvalue weighted by atomic mass is 32.1. The van der Waals surface area contributed by atoms with Crippen molar-refractivity contribution in [2.24, 2.45) is 0 Å². The number of pyridine rings is 1. The van der Waals surface area contributed by atoms with Crippen LogP contribution in [0.25, 0.3) is 0 Å². The van der Waals surface area contributed by atoms with Gasteiger partial charge in [-0.2, -0.15) is 0 Å². The summed E-state index contributed by atoms with van der Waals surface area (Å²) >= 11 is 1.09. The molecule has 1 aromatic carbocycles. The largest absolute Gasteiger partial charge is 0.349 e. The van der Waals surface area contributed by atoms with E-state index in [2.05, 4.69) is 19.9 Å². The van der Waals surface area contributed by atoms with Crippen molar-refractivity contribution in [2.75, 3.05) is 4.90 Å². The molecule has 8 heteroatoms. The standard InChI is InChI=1S/C23H27N5O2S/c1-6-23(4,5)25-21(29)20(17-11-7-8-13-24-17)28(22(30)18-14-31-27-26-18)19-12-9-10-15(2)16(19)3/h7-14,20H,6H2,1-5H3,(H,25,29)/t20-/m1/s1. The zero-order valence-electron chi connectivity index (χ0n) is 18.4. The normalized spacial score (nSPS) is 12.3. The number of amides is 2. The first-order chi connectivity index (χ1) is 14.7. The second-order valence-corrected chi connectivity index (χ2v) is 8.68. The molecule has 0 saturated carbocycles. The van der Waals surface area contributed by atoms with E-state index in [-0.39, 0.29) is 11.6 Å². The van der Waals surface area contributed by atoms with Crippen LogP contribution in [-0.2, 0) is 4.79 Å². The maximum atomic E-state index is 13.6. The molecule has 3 rings (SSSR count). The highest BCUT2D eigenvalue weighted by Gasteiger charge is 2.37. The predicted octanol–water partition coefficient (Wildman–Crippen LogP) is 4.24. The van der Waals surface area contributed by atoms with Gasteiger partial charge in [0.1, 0.15) is 0 Å². The number of hydrogen-bond acceptors (Lipinski definition) is 6. The molecule has 2 heterocycles. The lowest BCUT2D eigenvalue weighted by atomic mass is 9.99. The third kappa shape index (κ3) is 4.96. The molecule has 0 radical (unpaired) electrons. The van der Waals surface area contributed by atoms with E-state index >= 15 is 0 Å². The number of nitrogens with zero attached hydrogens (tertiary/aromatic N) is 4. The molecule has 7 nitrogen and oxygen atoms in total. The van der Waals surface area contributed by atoms with Crippen LogP contribution >= 0.6 is 11.5 Å². The average molecular weight is 438 g/mol. The Morgan fingerprint density at radius 3 is 2.55 bits per heavy atom. The molecule has 0 aliphatic heterocycles. The number of rotatable bonds is 7. The Labute approximate surface area is 186 Å². The van der Waals surface area contributed by atoms with Crippen LogP contribution in [0.15, 0.2) is 48.0 Å². The Bertz CT molecular complexity index is 1050. The second kappa shape index (κ2) is 9.34. The third-order valence-corrected chi connectivity index (χ3v) is 5.96. The SMILES string of the molecule is CCC(C)(C)NC(=O)[C@@H](c1ccccn1)N(C(=O)c1csnn1)c1cccc(C)c1C. The molecule has 162 valence electrons. The van der Waals surface area contributed by atoms with Gasteiger partial charge in [0.15, 0.2) is 11.7 Å². The molecular formula is C23H27N5O2S. The maximum Gasteiger partial charge on any atom is 0.280 e. The van der Waals surface area contributed by atoms with Gasteiger partial charge >= 0.3 is 0 Å². The molecule has 0 unspecified atom stereocenters. The van der Waals surface area contributed by atoms with Gasteiger partial charge in [-0.1, -0.05) is 29.6 Å². The Hall–Kier alpha value is -3.13. The smallest absolute Gasteiger partial charge is 0.280 e. The van der Waals surface area contributed by atoms with E-state index in [1.54, 1.807) is 23.7 Å². The molecule has 0 fully saturated rings. The van der Waals surface area contributed by atoms with E-state index in [0.29, 0.717) is 11.4 Å². The van der Waals surface area contributed by atoms with Crippen molar-refractivity contribution in [1.82, 2.24) is 19.9 Å². The lowest BCUT2D eigenvalue weighted by Gasteiger charge is -2.34. The summed E-state index contributed by atoms with van der Waals surface area (Å²) in [5.41, 5.74) is 2.78. The summed E-state index contributed by atoms with van der Waals surface area (Å²) in [6, 6.07) is 10.1. The van der Waals surface area contributed by atoms with Gasteiger partial charge < -0.3 is 5.32 Å². The van der Waals surface area contributed by atoms with E-state index < -0.39 is 17.5 Å². The molecule has 2 aromatic heterocycles. The highest BCUT2D eigenvalue weighted by Crippen LogP contribution is 2.33. The fourth-order valence-electron chi connectivity index (χ4n) is 3.16. The zero-order chi connectivity index (χ0) is 22.6. The third-order valence-electron chi connectivity index (χ3n) is 5.45. The quantitative estimate of drug-likeness (QED) is 0.597. The molecule has 2 amide bonds. The first-order valence-corrected chi connectivity index (χ1v) is 11.0. The summed E-state index contributed by atoms with van der Waals surface area (Å²) in [4.78, 5) is 33.2. The Morgan fingerprint density at radius 2 is 1.94 bits per heavy atom. The average Bonchev–Trinajstić information content (AvgIpc) is 3.29. The van der Waals surface area contributed by atoms with Gasteiger partial charge in [0, 0.05) is 22.8 Å².